The van der Waals surface area contributed by atoms with Gasteiger partial charge in [0.25, 0.3) is 0 Å². The van der Waals surface area contributed by atoms with E-state index < -0.39 is 5.82 Å². The van der Waals surface area contributed by atoms with Gasteiger partial charge in [0.1, 0.15) is 23.5 Å². The summed E-state index contributed by atoms with van der Waals surface area (Å²) in [5.74, 6) is 0.215. The summed E-state index contributed by atoms with van der Waals surface area (Å²) in [6, 6.07) is 6.16. The van der Waals surface area contributed by atoms with E-state index in [4.69, 9.17) is 26.3 Å². The van der Waals surface area contributed by atoms with Crippen molar-refractivity contribution in [1.29, 1.82) is 0 Å². The van der Waals surface area contributed by atoms with E-state index in [1.807, 2.05) is 0 Å². The van der Waals surface area contributed by atoms with Crippen molar-refractivity contribution < 1.29 is 13.3 Å². The van der Waals surface area contributed by atoms with E-state index in [2.05, 4.69) is 5.16 Å². The predicted octanol–water partition coefficient (Wildman–Crippen LogP) is 4.28. The van der Waals surface area contributed by atoms with Crippen LogP contribution in [0.15, 0.2) is 39.5 Å². The molecule has 0 aliphatic rings. The quantitative estimate of drug-likeness (QED) is 0.765. The molecule has 0 aliphatic carbocycles. The van der Waals surface area contributed by atoms with Gasteiger partial charge >= 0.3 is 0 Å². The standard InChI is InChI=1S/C14H10ClFN2O2/c1-7-5-8(6-19-7)13-12(14(17)20-18-13)11-9(15)3-2-4-10(11)16/h2-6H,17H2,1H3. The van der Waals surface area contributed by atoms with Crippen LogP contribution in [0.4, 0.5) is 10.3 Å². The molecule has 0 amide bonds. The van der Waals surface area contributed by atoms with Gasteiger partial charge in [-0.25, -0.2) is 4.39 Å². The molecule has 0 aliphatic heterocycles. The molecule has 0 bridgehead atoms. The molecule has 3 rings (SSSR count). The Bertz CT molecular complexity index is 759. The molecule has 1 aromatic carbocycles. The highest BCUT2D eigenvalue weighted by molar-refractivity contribution is 6.33. The van der Waals surface area contributed by atoms with Crippen LogP contribution in [0, 0.1) is 12.7 Å². The molecule has 2 aromatic heterocycles. The third-order valence-corrected chi connectivity index (χ3v) is 3.25. The van der Waals surface area contributed by atoms with E-state index >= 15 is 0 Å². The smallest absolute Gasteiger partial charge is 0.230 e. The van der Waals surface area contributed by atoms with Crippen molar-refractivity contribution >= 4 is 17.5 Å². The summed E-state index contributed by atoms with van der Waals surface area (Å²) in [5, 5.41) is 4.11. The molecule has 0 atom stereocenters. The normalized spacial score (nSPS) is 10.9. The summed E-state index contributed by atoms with van der Waals surface area (Å²) in [6.45, 7) is 1.79. The number of furan rings is 1. The first-order valence-corrected chi connectivity index (χ1v) is 6.20. The van der Waals surface area contributed by atoms with Crippen molar-refractivity contribution in [2.45, 2.75) is 6.92 Å². The Balaban J connectivity index is 2.27. The van der Waals surface area contributed by atoms with E-state index in [9.17, 15) is 4.39 Å². The highest BCUT2D eigenvalue weighted by atomic mass is 35.5. The number of nitrogens with two attached hydrogens (primary N) is 1. The zero-order chi connectivity index (χ0) is 14.3. The van der Waals surface area contributed by atoms with Gasteiger partial charge in [-0.15, -0.1) is 0 Å². The summed E-state index contributed by atoms with van der Waals surface area (Å²) < 4.78 is 24.3. The zero-order valence-corrected chi connectivity index (χ0v) is 11.2. The van der Waals surface area contributed by atoms with E-state index in [0.29, 0.717) is 22.6 Å². The fourth-order valence-corrected chi connectivity index (χ4v) is 2.30. The maximum absolute atomic E-state index is 14.1. The van der Waals surface area contributed by atoms with Gasteiger partial charge in [0, 0.05) is 11.1 Å². The van der Waals surface area contributed by atoms with Crippen LogP contribution in [0.1, 0.15) is 5.76 Å². The molecule has 0 radical (unpaired) electrons. The van der Waals surface area contributed by atoms with Gasteiger partial charge in [-0.3, -0.25) is 0 Å². The second-order valence-corrected chi connectivity index (χ2v) is 4.72. The van der Waals surface area contributed by atoms with Crippen LogP contribution < -0.4 is 5.73 Å². The number of aryl methyl sites for hydroxylation is 1. The average Bonchev–Trinajstić information content (AvgIpc) is 2.97. The van der Waals surface area contributed by atoms with Crippen LogP contribution in [0.5, 0.6) is 0 Å². The number of halogens is 2. The minimum Gasteiger partial charge on any atom is -0.469 e. The Hall–Kier alpha value is -2.27. The highest BCUT2D eigenvalue weighted by Crippen LogP contribution is 2.41. The topological polar surface area (TPSA) is 65.2 Å². The Labute approximate surface area is 118 Å². The number of hydrogen-bond donors (Lipinski definition) is 1. The number of anilines is 1. The third-order valence-electron chi connectivity index (χ3n) is 2.94. The first kappa shape index (κ1) is 12.7. The molecule has 3 aromatic rings. The average molecular weight is 293 g/mol. The molecule has 0 saturated heterocycles. The second-order valence-electron chi connectivity index (χ2n) is 4.31. The first-order valence-electron chi connectivity index (χ1n) is 5.83. The van der Waals surface area contributed by atoms with Crippen LogP contribution >= 0.6 is 11.6 Å². The van der Waals surface area contributed by atoms with Crippen molar-refractivity contribution in [3.63, 3.8) is 0 Å². The van der Waals surface area contributed by atoms with Gasteiger partial charge in [0.05, 0.1) is 10.6 Å². The molecule has 6 heteroatoms. The maximum Gasteiger partial charge on any atom is 0.230 e. The fourth-order valence-electron chi connectivity index (χ4n) is 2.05. The van der Waals surface area contributed by atoms with Crippen molar-refractivity contribution in [2.24, 2.45) is 0 Å². The van der Waals surface area contributed by atoms with Crippen LogP contribution in [-0.4, -0.2) is 5.16 Å². The molecule has 0 saturated carbocycles. The van der Waals surface area contributed by atoms with Gasteiger partial charge in [-0.2, -0.15) is 0 Å². The summed E-state index contributed by atoms with van der Waals surface area (Å²) in [4.78, 5) is 0. The Morgan fingerprint density at radius 2 is 2.10 bits per heavy atom. The number of nitrogens with zero attached hydrogens (tertiary/aromatic N) is 1. The SMILES string of the molecule is Cc1cc(-c2noc(N)c2-c2c(F)cccc2Cl)co1. The van der Waals surface area contributed by atoms with Gasteiger partial charge in [0.2, 0.25) is 5.88 Å². The van der Waals surface area contributed by atoms with Crippen molar-refractivity contribution in [2.75, 3.05) is 5.73 Å². The van der Waals surface area contributed by atoms with Crippen LogP contribution in [0.3, 0.4) is 0 Å². The lowest BCUT2D eigenvalue weighted by atomic mass is 10.0. The minimum atomic E-state index is -0.492. The number of aromatic nitrogens is 1. The molecular formula is C14H10ClFN2O2. The summed E-state index contributed by atoms with van der Waals surface area (Å²) in [7, 11) is 0. The monoisotopic (exact) mass is 292 g/mol. The van der Waals surface area contributed by atoms with Crippen LogP contribution in [0.2, 0.25) is 5.02 Å². The third kappa shape index (κ3) is 1.96. The molecule has 2 N–H and O–H groups in total. The van der Waals surface area contributed by atoms with E-state index in [0.717, 1.165) is 0 Å². The zero-order valence-electron chi connectivity index (χ0n) is 10.5. The molecule has 20 heavy (non-hydrogen) atoms. The van der Waals surface area contributed by atoms with Gasteiger partial charge < -0.3 is 14.7 Å². The maximum atomic E-state index is 14.1. The Morgan fingerprint density at radius 3 is 2.75 bits per heavy atom. The Morgan fingerprint density at radius 1 is 1.30 bits per heavy atom. The number of rotatable bonds is 2. The van der Waals surface area contributed by atoms with E-state index in [-0.39, 0.29) is 16.5 Å². The van der Waals surface area contributed by atoms with Crippen LogP contribution in [0.25, 0.3) is 22.4 Å². The van der Waals surface area contributed by atoms with E-state index in [1.165, 1.54) is 18.4 Å². The highest BCUT2D eigenvalue weighted by Gasteiger charge is 2.23. The summed E-state index contributed by atoms with van der Waals surface area (Å²) in [6.07, 6.45) is 1.50. The lowest BCUT2D eigenvalue weighted by Crippen LogP contribution is -1.91. The summed E-state index contributed by atoms with van der Waals surface area (Å²) in [5.41, 5.74) is 7.31. The minimum absolute atomic E-state index is 0.00542. The van der Waals surface area contributed by atoms with Gasteiger partial charge in [0.15, 0.2) is 0 Å². The van der Waals surface area contributed by atoms with E-state index in [1.54, 1.807) is 19.1 Å². The molecule has 0 spiro atoms. The van der Waals surface area contributed by atoms with Crippen molar-refractivity contribution in [3.8, 4) is 22.4 Å². The molecule has 0 fully saturated rings. The van der Waals surface area contributed by atoms with Gasteiger partial charge in [-0.05, 0) is 25.1 Å². The van der Waals surface area contributed by atoms with Crippen molar-refractivity contribution in [1.82, 2.24) is 5.16 Å². The lowest BCUT2D eigenvalue weighted by Gasteiger charge is -2.05. The van der Waals surface area contributed by atoms with Gasteiger partial charge in [-0.1, -0.05) is 22.8 Å². The Kier molecular flexibility index (Phi) is 2.99. The number of nitrogen functional groups attached to an aromatic ring is 1. The van der Waals surface area contributed by atoms with Crippen molar-refractivity contribution in [3.05, 3.63) is 47.1 Å². The first-order chi connectivity index (χ1) is 9.58. The number of benzene rings is 1. The molecular weight excluding hydrogens is 283 g/mol. The number of hydrogen-bond acceptors (Lipinski definition) is 4. The summed E-state index contributed by atoms with van der Waals surface area (Å²) >= 11 is 6.07. The lowest BCUT2D eigenvalue weighted by molar-refractivity contribution is 0.439. The molecule has 2 heterocycles. The molecule has 4 nitrogen and oxygen atoms in total. The van der Waals surface area contributed by atoms with Crippen LogP contribution in [-0.2, 0) is 0 Å². The fraction of sp³-hybridized carbons (Fsp3) is 0.0714. The largest absolute Gasteiger partial charge is 0.469 e. The molecule has 0 unspecified atom stereocenters. The predicted molar refractivity (Wildman–Crippen MR) is 73.8 cm³/mol. The molecule has 102 valence electrons. The second kappa shape index (κ2) is 4.68.